The lowest BCUT2D eigenvalue weighted by molar-refractivity contribution is -0.139. The number of benzene rings is 1. The molecule has 4 heteroatoms. The lowest BCUT2D eigenvalue weighted by Gasteiger charge is -2.09. The van der Waals surface area contributed by atoms with Gasteiger partial charge in [0.05, 0.1) is 5.92 Å². The molecule has 0 fully saturated rings. The molecule has 0 spiro atoms. The summed E-state index contributed by atoms with van der Waals surface area (Å²) in [5, 5.41) is 17.4. The fourth-order valence-electron chi connectivity index (χ4n) is 1.37. The minimum atomic E-state index is -1.07. The summed E-state index contributed by atoms with van der Waals surface area (Å²) in [6, 6.07) is 8.74. The third kappa shape index (κ3) is 3.57. The van der Waals surface area contributed by atoms with Crippen molar-refractivity contribution in [2.75, 3.05) is 0 Å². The van der Waals surface area contributed by atoms with Crippen molar-refractivity contribution in [3.8, 4) is 0 Å². The SMILES string of the molecule is O=C(O)C=CCC(C(=O)O)c1ccccc1. The minimum Gasteiger partial charge on any atom is -0.481 e. The van der Waals surface area contributed by atoms with Gasteiger partial charge in [-0.2, -0.15) is 0 Å². The van der Waals surface area contributed by atoms with E-state index in [1.807, 2.05) is 0 Å². The largest absolute Gasteiger partial charge is 0.481 e. The van der Waals surface area contributed by atoms with E-state index in [0.29, 0.717) is 5.56 Å². The van der Waals surface area contributed by atoms with Gasteiger partial charge in [-0.1, -0.05) is 36.4 Å². The van der Waals surface area contributed by atoms with Gasteiger partial charge in [-0.3, -0.25) is 4.79 Å². The monoisotopic (exact) mass is 220 g/mol. The van der Waals surface area contributed by atoms with E-state index in [1.54, 1.807) is 30.3 Å². The second-order valence-electron chi connectivity index (χ2n) is 3.28. The molecule has 0 saturated carbocycles. The summed E-state index contributed by atoms with van der Waals surface area (Å²) >= 11 is 0. The van der Waals surface area contributed by atoms with Crippen molar-refractivity contribution < 1.29 is 19.8 Å². The molecule has 1 rings (SSSR count). The third-order valence-corrected chi connectivity index (χ3v) is 2.13. The number of hydrogen-bond acceptors (Lipinski definition) is 2. The fraction of sp³-hybridized carbons (Fsp3) is 0.167. The zero-order valence-corrected chi connectivity index (χ0v) is 8.54. The minimum absolute atomic E-state index is 0.172. The van der Waals surface area contributed by atoms with E-state index in [4.69, 9.17) is 10.2 Å². The lowest BCUT2D eigenvalue weighted by atomic mass is 9.96. The Balaban J connectivity index is 2.77. The highest BCUT2D eigenvalue weighted by atomic mass is 16.4. The van der Waals surface area contributed by atoms with Crippen LogP contribution in [0.2, 0.25) is 0 Å². The first kappa shape index (κ1) is 12.0. The molecule has 1 aromatic carbocycles. The maximum absolute atomic E-state index is 11.0. The number of carbonyl (C=O) groups is 2. The predicted molar refractivity (Wildman–Crippen MR) is 58.2 cm³/mol. The van der Waals surface area contributed by atoms with Gasteiger partial charge >= 0.3 is 11.9 Å². The first-order valence-electron chi connectivity index (χ1n) is 4.78. The van der Waals surface area contributed by atoms with Gasteiger partial charge in [-0.05, 0) is 12.0 Å². The van der Waals surface area contributed by atoms with Gasteiger partial charge < -0.3 is 10.2 Å². The lowest BCUT2D eigenvalue weighted by Crippen LogP contribution is -2.10. The van der Waals surface area contributed by atoms with Crippen LogP contribution in [-0.4, -0.2) is 22.2 Å². The second-order valence-corrected chi connectivity index (χ2v) is 3.28. The Morgan fingerprint density at radius 3 is 2.31 bits per heavy atom. The Morgan fingerprint density at radius 1 is 1.19 bits per heavy atom. The van der Waals surface area contributed by atoms with Crippen molar-refractivity contribution in [1.29, 1.82) is 0 Å². The van der Waals surface area contributed by atoms with E-state index in [9.17, 15) is 9.59 Å². The quantitative estimate of drug-likeness (QED) is 0.743. The molecule has 0 aliphatic rings. The average Bonchev–Trinajstić information content (AvgIpc) is 2.25. The molecule has 16 heavy (non-hydrogen) atoms. The van der Waals surface area contributed by atoms with Gasteiger partial charge in [0.2, 0.25) is 0 Å². The molecule has 0 saturated heterocycles. The van der Waals surface area contributed by atoms with Crippen LogP contribution in [-0.2, 0) is 9.59 Å². The maximum Gasteiger partial charge on any atom is 0.327 e. The molecule has 1 atom stereocenters. The zero-order valence-electron chi connectivity index (χ0n) is 8.54. The molecule has 0 amide bonds. The first-order chi connectivity index (χ1) is 7.61. The number of carboxylic acids is 2. The van der Waals surface area contributed by atoms with Crippen molar-refractivity contribution in [2.24, 2.45) is 0 Å². The Hall–Kier alpha value is -2.10. The second kappa shape index (κ2) is 5.70. The number of aliphatic carboxylic acids is 2. The van der Waals surface area contributed by atoms with E-state index < -0.39 is 17.9 Å². The summed E-state index contributed by atoms with van der Waals surface area (Å²) in [5.41, 5.74) is 0.671. The highest BCUT2D eigenvalue weighted by Crippen LogP contribution is 2.20. The number of hydrogen-bond donors (Lipinski definition) is 2. The Morgan fingerprint density at radius 2 is 1.81 bits per heavy atom. The summed E-state index contributed by atoms with van der Waals surface area (Å²) in [6.45, 7) is 0. The van der Waals surface area contributed by atoms with E-state index in [0.717, 1.165) is 6.08 Å². The van der Waals surface area contributed by atoms with E-state index in [-0.39, 0.29) is 6.42 Å². The predicted octanol–water partition coefficient (Wildman–Crippen LogP) is 1.89. The van der Waals surface area contributed by atoms with Crippen LogP contribution >= 0.6 is 0 Å². The van der Waals surface area contributed by atoms with Crippen LogP contribution in [0.1, 0.15) is 17.9 Å². The Bertz CT molecular complexity index is 395. The molecular weight excluding hydrogens is 208 g/mol. The Kier molecular flexibility index (Phi) is 4.27. The highest BCUT2D eigenvalue weighted by Gasteiger charge is 2.17. The molecule has 84 valence electrons. The molecular formula is C12H12O4. The summed E-state index contributed by atoms with van der Waals surface area (Å²) in [6.07, 6.45) is 2.48. The van der Waals surface area contributed by atoms with Gasteiger partial charge in [0.25, 0.3) is 0 Å². The number of rotatable bonds is 5. The van der Waals surface area contributed by atoms with Crippen molar-refractivity contribution in [3.05, 3.63) is 48.0 Å². The molecule has 0 radical (unpaired) electrons. The van der Waals surface area contributed by atoms with Crippen LogP contribution in [0.5, 0.6) is 0 Å². The van der Waals surface area contributed by atoms with Gasteiger partial charge in [0, 0.05) is 6.08 Å². The normalized spacial score (nSPS) is 12.5. The van der Waals surface area contributed by atoms with E-state index in [1.165, 1.54) is 6.08 Å². The summed E-state index contributed by atoms with van der Waals surface area (Å²) in [7, 11) is 0. The average molecular weight is 220 g/mol. The smallest absolute Gasteiger partial charge is 0.327 e. The van der Waals surface area contributed by atoms with Crippen LogP contribution in [0.25, 0.3) is 0 Å². The van der Waals surface area contributed by atoms with Gasteiger partial charge in [-0.15, -0.1) is 0 Å². The van der Waals surface area contributed by atoms with Crippen molar-refractivity contribution in [1.82, 2.24) is 0 Å². The first-order valence-corrected chi connectivity index (χ1v) is 4.78. The third-order valence-electron chi connectivity index (χ3n) is 2.13. The van der Waals surface area contributed by atoms with E-state index >= 15 is 0 Å². The van der Waals surface area contributed by atoms with Gasteiger partial charge in [0.15, 0.2) is 0 Å². The molecule has 4 nitrogen and oxygen atoms in total. The van der Waals surface area contributed by atoms with Crippen molar-refractivity contribution in [2.45, 2.75) is 12.3 Å². The summed E-state index contributed by atoms with van der Waals surface area (Å²) in [4.78, 5) is 21.2. The molecule has 1 unspecified atom stereocenters. The molecule has 0 heterocycles. The van der Waals surface area contributed by atoms with Crippen molar-refractivity contribution >= 4 is 11.9 Å². The highest BCUT2D eigenvalue weighted by molar-refractivity contribution is 5.80. The molecule has 0 aliphatic carbocycles. The number of carboxylic acid groups (broad SMARTS) is 2. The molecule has 2 N–H and O–H groups in total. The van der Waals surface area contributed by atoms with Crippen LogP contribution in [0.15, 0.2) is 42.5 Å². The van der Waals surface area contributed by atoms with Gasteiger partial charge in [0.1, 0.15) is 0 Å². The molecule has 0 aliphatic heterocycles. The summed E-state index contributed by atoms with van der Waals surface area (Å²) < 4.78 is 0. The van der Waals surface area contributed by atoms with Crippen LogP contribution < -0.4 is 0 Å². The van der Waals surface area contributed by atoms with Crippen LogP contribution in [0, 0.1) is 0 Å². The molecule has 1 aromatic rings. The zero-order chi connectivity index (χ0) is 12.0. The Labute approximate surface area is 92.8 Å². The topological polar surface area (TPSA) is 74.6 Å². The summed E-state index contributed by atoms with van der Waals surface area (Å²) in [5.74, 6) is -2.73. The van der Waals surface area contributed by atoms with Crippen molar-refractivity contribution in [3.63, 3.8) is 0 Å². The van der Waals surface area contributed by atoms with Crippen LogP contribution in [0.3, 0.4) is 0 Å². The number of allylic oxidation sites excluding steroid dienone is 1. The standard InChI is InChI=1S/C12H12O4/c13-11(14)8-4-7-10(12(15)16)9-5-2-1-3-6-9/h1-6,8,10H,7H2,(H,13,14)(H,15,16). The molecule has 0 bridgehead atoms. The van der Waals surface area contributed by atoms with Crippen LogP contribution in [0.4, 0.5) is 0 Å². The van der Waals surface area contributed by atoms with Gasteiger partial charge in [-0.25, -0.2) is 4.79 Å². The van der Waals surface area contributed by atoms with E-state index in [2.05, 4.69) is 0 Å². The fourth-order valence-corrected chi connectivity index (χ4v) is 1.37. The molecule has 0 aromatic heterocycles. The maximum atomic E-state index is 11.0.